The van der Waals surface area contributed by atoms with Crippen molar-refractivity contribution in [2.45, 2.75) is 58.9 Å². The molecule has 216 valence electrons. The van der Waals surface area contributed by atoms with Crippen LogP contribution >= 0.6 is 11.6 Å². The molecular formula is C28H31ClFN7O4. The molecule has 0 atom stereocenters. The average Bonchev–Trinajstić information content (AvgIpc) is 3.15. The molecule has 5 rings (SSSR count). The number of carbonyl (C=O) groups is 3. The summed E-state index contributed by atoms with van der Waals surface area (Å²) in [5.74, 6) is 1.38. The lowest BCUT2D eigenvalue weighted by Crippen LogP contribution is -2.39. The van der Waals surface area contributed by atoms with E-state index in [-0.39, 0.29) is 47.0 Å². The number of amides is 3. The SMILES string of the molecule is C#CCN1C(=O)COc2cc(F)c(N3C(=O)C4=C(CCCC4)C3=O)cc21.CCNc1nc(Cl)nc(NC(C)(C)C)n1. The number of rotatable bonds is 5. The third-order valence-electron chi connectivity index (χ3n) is 6.28. The third kappa shape index (κ3) is 6.57. The maximum atomic E-state index is 14.7. The normalized spacial score (nSPS) is 16.4. The summed E-state index contributed by atoms with van der Waals surface area (Å²) >= 11 is 5.77. The summed E-state index contributed by atoms with van der Waals surface area (Å²) in [5.41, 5.74) is 0.889. The van der Waals surface area contributed by atoms with Crippen molar-refractivity contribution in [2.24, 2.45) is 0 Å². The zero-order valence-corrected chi connectivity index (χ0v) is 24.1. The molecule has 13 heteroatoms. The molecule has 3 aliphatic rings. The van der Waals surface area contributed by atoms with E-state index in [9.17, 15) is 18.8 Å². The second kappa shape index (κ2) is 12.1. The van der Waals surface area contributed by atoms with Crippen molar-refractivity contribution in [2.75, 3.05) is 40.1 Å². The number of anilines is 4. The fourth-order valence-corrected chi connectivity index (χ4v) is 4.74. The summed E-state index contributed by atoms with van der Waals surface area (Å²) < 4.78 is 19.9. The number of carbonyl (C=O) groups excluding carboxylic acids is 3. The third-order valence-corrected chi connectivity index (χ3v) is 6.45. The smallest absolute Gasteiger partial charge is 0.265 e. The number of nitrogens with zero attached hydrogens (tertiary/aromatic N) is 5. The number of fused-ring (bicyclic) bond motifs is 1. The molecule has 2 aromatic rings. The molecule has 1 aliphatic carbocycles. The van der Waals surface area contributed by atoms with E-state index >= 15 is 0 Å². The number of nitrogens with one attached hydrogen (secondary N) is 2. The molecule has 0 unspecified atom stereocenters. The quantitative estimate of drug-likeness (QED) is 0.395. The van der Waals surface area contributed by atoms with Crippen LogP contribution < -0.4 is 25.2 Å². The number of ether oxygens (including phenoxy) is 1. The molecule has 41 heavy (non-hydrogen) atoms. The lowest BCUT2D eigenvalue weighted by molar-refractivity contribution is -0.121. The van der Waals surface area contributed by atoms with Gasteiger partial charge in [-0.2, -0.15) is 15.0 Å². The van der Waals surface area contributed by atoms with Gasteiger partial charge in [-0.25, -0.2) is 9.29 Å². The first-order chi connectivity index (χ1) is 19.4. The number of hydrogen-bond donors (Lipinski definition) is 2. The Morgan fingerprint density at radius 3 is 2.27 bits per heavy atom. The number of terminal acetylenes is 1. The average molecular weight is 584 g/mol. The van der Waals surface area contributed by atoms with Gasteiger partial charge in [-0.15, -0.1) is 6.42 Å². The van der Waals surface area contributed by atoms with Gasteiger partial charge in [0.15, 0.2) is 12.4 Å². The maximum Gasteiger partial charge on any atom is 0.265 e. The van der Waals surface area contributed by atoms with Gasteiger partial charge in [0, 0.05) is 29.3 Å². The first kappa shape index (κ1) is 29.7. The van der Waals surface area contributed by atoms with Crippen molar-refractivity contribution in [1.82, 2.24) is 15.0 Å². The van der Waals surface area contributed by atoms with Crippen LogP contribution in [0.25, 0.3) is 0 Å². The van der Waals surface area contributed by atoms with Gasteiger partial charge >= 0.3 is 0 Å². The summed E-state index contributed by atoms with van der Waals surface area (Å²) in [6.45, 7) is 8.53. The van der Waals surface area contributed by atoms with Crippen molar-refractivity contribution < 1.29 is 23.5 Å². The standard InChI is InChI=1S/C19H15FN2O4.C9H16ClN5/c1-2-7-21-15-9-14(13(20)8-16(15)26-10-17(21)23)22-18(24)11-5-3-4-6-12(11)19(22)25;1-5-11-7-12-6(10)13-8(14-7)15-9(2,3)4/h1,8-9H,3-7,10H2;5H2,1-4H3,(H2,11,12,13,14,15). The molecule has 2 N–H and O–H groups in total. The molecule has 3 heterocycles. The van der Waals surface area contributed by atoms with Crippen LogP contribution in [0.5, 0.6) is 5.75 Å². The zero-order valence-electron chi connectivity index (χ0n) is 23.3. The lowest BCUT2D eigenvalue weighted by atomic mass is 9.93. The first-order valence-corrected chi connectivity index (χ1v) is 13.6. The van der Waals surface area contributed by atoms with Crippen molar-refractivity contribution >= 4 is 52.6 Å². The minimum absolute atomic E-state index is 0.0170. The topological polar surface area (TPSA) is 130 Å². The van der Waals surface area contributed by atoms with Gasteiger partial charge in [0.25, 0.3) is 17.7 Å². The van der Waals surface area contributed by atoms with Gasteiger partial charge in [-0.3, -0.25) is 19.3 Å². The minimum Gasteiger partial charge on any atom is -0.481 e. The van der Waals surface area contributed by atoms with E-state index in [1.54, 1.807) is 0 Å². The van der Waals surface area contributed by atoms with E-state index in [1.807, 2.05) is 27.7 Å². The summed E-state index contributed by atoms with van der Waals surface area (Å²) in [4.78, 5) is 51.7. The van der Waals surface area contributed by atoms with Crippen molar-refractivity contribution in [3.8, 4) is 18.1 Å². The van der Waals surface area contributed by atoms with Gasteiger partial charge in [-0.05, 0) is 71.0 Å². The Morgan fingerprint density at radius 1 is 1.05 bits per heavy atom. The highest BCUT2D eigenvalue weighted by atomic mass is 35.5. The van der Waals surface area contributed by atoms with E-state index in [0.29, 0.717) is 35.9 Å². The van der Waals surface area contributed by atoms with E-state index in [4.69, 9.17) is 22.8 Å². The van der Waals surface area contributed by atoms with Gasteiger partial charge in [0.2, 0.25) is 17.2 Å². The van der Waals surface area contributed by atoms with Crippen molar-refractivity contribution in [3.05, 3.63) is 34.4 Å². The molecule has 3 amide bonds. The van der Waals surface area contributed by atoms with E-state index in [2.05, 4.69) is 31.5 Å². The largest absolute Gasteiger partial charge is 0.481 e. The van der Waals surface area contributed by atoms with Gasteiger partial charge in [0.1, 0.15) is 5.75 Å². The van der Waals surface area contributed by atoms with Crippen LogP contribution in [0.1, 0.15) is 53.4 Å². The van der Waals surface area contributed by atoms with Crippen LogP contribution in [-0.2, 0) is 14.4 Å². The second-order valence-electron chi connectivity index (χ2n) is 10.5. The number of hydrogen-bond acceptors (Lipinski definition) is 9. The monoisotopic (exact) mass is 583 g/mol. The maximum absolute atomic E-state index is 14.7. The predicted molar refractivity (Wildman–Crippen MR) is 153 cm³/mol. The molecule has 0 saturated carbocycles. The lowest BCUT2D eigenvalue weighted by Gasteiger charge is -2.29. The highest BCUT2D eigenvalue weighted by molar-refractivity contribution is 6.33. The molecule has 0 radical (unpaired) electrons. The highest BCUT2D eigenvalue weighted by Crippen LogP contribution is 2.41. The molecule has 1 aromatic heterocycles. The number of benzene rings is 1. The van der Waals surface area contributed by atoms with Gasteiger partial charge in [0.05, 0.1) is 17.9 Å². The number of halogens is 2. The second-order valence-corrected chi connectivity index (χ2v) is 10.8. The molecule has 11 nitrogen and oxygen atoms in total. The molecule has 0 fully saturated rings. The molecule has 2 aliphatic heterocycles. The number of aromatic nitrogens is 3. The van der Waals surface area contributed by atoms with Crippen LogP contribution in [-0.4, -0.2) is 57.9 Å². The van der Waals surface area contributed by atoms with E-state index in [0.717, 1.165) is 30.4 Å². The van der Waals surface area contributed by atoms with Crippen molar-refractivity contribution in [3.63, 3.8) is 0 Å². The Labute approximate surface area is 242 Å². The predicted octanol–water partition coefficient (Wildman–Crippen LogP) is 4.10. The fourth-order valence-electron chi connectivity index (χ4n) is 4.58. The minimum atomic E-state index is -0.764. The Kier molecular flexibility index (Phi) is 8.77. The first-order valence-electron chi connectivity index (χ1n) is 13.2. The van der Waals surface area contributed by atoms with E-state index < -0.39 is 17.6 Å². The highest BCUT2D eigenvalue weighted by Gasteiger charge is 2.41. The van der Waals surface area contributed by atoms with Crippen LogP contribution in [0.3, 0.4) is 0 Å². The number of imide groups is 1. The van der Waals surface area contributed by atoms with Gasteiger partial charge < -0.3 is 15.4 Å². The summed E-state index contributed by atoms with van der Waals surface area (Å²) in [6, 6.07) is 2.37. The summed E-state index contributed by atoms with van der Waals surface area (Å²) in [5, 5.41) is 6.31. The Bertz CT molecular complexity index is 1440. The van der Waals surface area contributed by atoms with Crippen LogP contribution in [0.15, 0.2) is 23.3 Å². The van der Waals surface area contributed by atoms with Crippen molar-refractivity contribution in [1.29, 1.82) is 0 Å². The summed E-state index contributed by atoms with van der Waals surface area (Å²) in [6.07, 6.45) is 8.01. The summed E-state index contributed by atoms with van der Waals surface area (Å²) in [7, 11) is 0. The van der Waals surface area contributed by atoms with Crippen LogP contribution in [0, 0.1) is 18.2 Å². The Hall–Kier alpha value is -4.24. The van der Waals surface area contributed by atoms with Crippen LogP contribution in [0.2, 0.25) is 5.28 Å². The molecule has 0 bridgehead atoms. The Balaban J connectivity index is 0.000000221. The Morgan fingerprint density at radius 2 is 1.68 bits per heavy atom. The molecule has 0 spiro atoms. The molecular weight excluding hydrogens is 553 g/mol. The van der Waals surface area contributed by atoms with Crippen LogP contribution in [0.4, 0.5) is 27.7 Å². The van der Waals surface area contributed by atoms with E-state index in [1.165, 1.54) is 11.0 Å². The fraction of sp³-hybridized carbons (Fsp3) is 0.429. The molecule has 1 aromatic carbocycles. The van der Waals surface area contributed by atoms with Gasteiger partial charge in [-0.1, -0.05) is 5.92 Å². The molecule has 0 saturated heterocycles. The zero-order chi connectivity index (χ0) is 29.9.